The van der Waals surface area contributed by atoms with Crippen molar-refractivity contribution < 1.29 is 14.3 Å². The third-order valence-electron chi connectivity index (χ3n) is 0.917. The van der Waals surface area contributed by atoms with Gasteiger partial charge in [-0.2, -0.15) is 0 Å². The first-order chi connectivity index (χ1) is 4.10. The van der Waals surface area contributed by atoms with Crippen LogP contribution in [0.4, 0.5) is 4.79 Å². The summed E-state index contributed by atoms with van der Waals surface area (Å²) in [5, 5.41) is 0. The fraction of sp³-hybridized carbons (Fsp3) is 0.750. The molecule has 52 valence electrons. The Balaban J connectivity index is 2.44. The minimum Gasteiger partial charge on any atom is -0.431 e. The van der Waals surface area contributed by atoms with Crippen molar-refractivity contribution >= 4 is 6.16 Å². The third-order valence-corrected chi connectivity index (χ3v) is 0.917. The Morgan fingerprint density at radius 1 is 1.33 bits per heavy atom. The summed E-state index contributed by atoms with van der Waals surface area (Å²) in [5.74, 6) is 0. The van der Waals surface area contributed by atoms with E-state index in [0.29, 0.717) is 0 Å². The maximum atomic E-state index is 10.2. The molecule has 0 aromatic carbocycles. The summed E-state index contributed by atoms with van der Waals surface area (Å²) >= 11 is 0. The summed E-state index contributed by atoms with van der Waals surface area (Å²) in [7, 11) is 0. The molecule has 1 saturated heterocycles. The maximum absolute atomic E-state index is 10.2. The number of hydrogen-bond acceptors (Lipinski definition) is 5. The van der Waals surface area contributed by atoms with Crippen LogP contribution in [0.1, 0.15) is 0 Å². The van der Waals surface area contributed by atoms with Crippen LogP contribution >= 0.6 is 0 Å². The van der Waals surface area contributed by atoms with Gasteiger partial charge in [-0.05, 0) is 0 Å². The van der Waals surface area contributed by atoms with E-state index in [2.05, 4.69) is 9.47 Å². The third kappa shape index (κ3) is 1.55. The Hall–Kier alpha value is -0.810. The van der Waals surface area contributed by atoms with E-state index in [-0.39, 0.29) is 13.2 Å². The highest BCUT2D eigenvalue weighted by Crippen LogP contribution is 2.02. The lowest BCUT2D eigenvalue weighted by Crippen LogP contribution is -2.60. The molecule has 0 radical (unpaired) electrons. The number of carbonyl (C=O) groups excluding carboxylic acids is 1. The Bertz CT molecular complexity index is 122. The van der Waals surface area contributed by atoms with E-state index in [1.807, 2.05) is 0 Å². The molecule has 4 N–H and O–H groups in total. The minimum atomic E-state index is -1.01. The van der Waals surface area contributed by atoms with Crippen molar-refractivity contribution in [1.82, 2.24) is 0 Å². The molecule has 9 heavy (non-hydrogen) atoms. The van der Waals surface area contributed by atoms with E-state index in [4.69, 9.17) is 11.5 Å². The second-order valence-electron chi connectivity index (χ2n) is 2.06. The van der Waals surface area contributed by atoms with E-state index in [1.54, 1.807) is 0 Å². The Morgan fingerprint density at radius 3 is 2.11 bits per heavy atom. The monoisotopic (exact) mass is 132 g/mol. The first kappa shape index (κ1) is 6.31. The zero-order chi connectivity index (χ0) is 6.91. The molecule has 5 heteroatoms. The van der Waals surface area contributed by atoms with Gasteiger partial charge in [-0.1, -0.05) is 0 Å². The zero-order valence-electron chi connectivity index (χ0n) is 4.79. The van der Waals surface area contributed by atoms with Crippen LogP contribution in [-0.4, -0.2) is 25.0 Å². The molecule has 1 fully saturated rings. The SMILES string of the molecule is NC1(N)COC(=O)OC1. The highest BCUT2D eigenvalue weighted by atomic mass is 16.7. The number of nitrogens with two attached hydrogens (primary N) is 2. The summed E-state index contributed by atoms with van der Waals surface area (Å²) in [6.07, 6.45) is -0.707. The summed E-state index contributed by atoms with van der Waals surface area (Å²) < 4.78 is 8.76. The highest BCUT2D eigenvalue weighted by Gasteiger charge is 2.28. The molecule has 0 aromatic rings. The highest BCUT2D eigenvalue weighted by molar-refractivity contribution is 5.60. The van der Waals surface area contributed by atoms with Gasteiger partial charge in [0.1, 0.15) is 18.9 Å². The van der Waals surface area contributed by atoms with Crippen LogP contribution in [0.5, 0.6) is 0 Å². The molecule has 0 unspecified atom stereocenters. The number of rotatable bonds is 0. The van der Waals surface area contributed by atoms with Gasteiger partial charge in [0.25, 0.3) is 0 Å². The molecule has 0 spiro atoms. The second kappa shape index (κ2) is 1.85. The predicted octanol–water partition coefficient (Wildman–Crippen LogP) is -1.23. The average Bonchev–Trinajstić information content (AvgIpc) is 1.78. The number of hydrogen-bond donors (Lipinski definition) is 2. The van der Waals surface area contributed by atoms with Crippen molar-refractivity contribution in [1.29, 1.82) is 0 Å². The summed E-state index contributed by atoms with van der Waals surface area (Å²) in [4.78, 5) is 10.2. The predicted molar refractivity (Wildman–Crippen MR) is 28.4 cm³/mol. The van der Waals surface area contributed by atoms with Gasteiger partial charge in [-0.15, -0.1) is 0 Å². The molecule has 0 aliphatic carbocycles. The molecule has 0 amide bonds. The standard InChI is InChI=1S/C4H8N2O3/c5-4(6)1-8-3(7)9-2-4/h1-2,5-6H2. The molecule has 1 aliphatic heterocycles. The van der Waals surface area contributed by atoms with E-state index < -0.39 is 11.8 Å². The normalized spacial score (nSPS) is 24.4. The molecule has 0 aromatic heterocycles. The molecular weight excluding hydrogens is 124 g/mol. The zero-order valence-corrected chi connectivity index (χ0v) is 4.79. The van der Waals surface area contributed by atoms with Crippen LogP contribution in [0.3, 0.4) is 0 Å². The van der Waals surface area contributed by atoms with Crippen molar-refractivity contribution in [2.24, 2.45) is 11.5 Å². The Labute approximate surface area is 51.9 Å². The Morgan fingerprint density at radius 2 is 1.78 bits per heavy atom. The molecule has 0 atom stereocenters. The van der Waals surface area contributed by atoms with Crippen molar-refractivity contribution in [2.45, 2.75) is 5.66 Å². The van der Waals surface area contributed by atoms with Gasteiger partial charge in [-0.3, -0.25) is 0 Å². The summed E-state index contributed by atoms with van der Waals surface area (Å²) in [5.41, 5.74) is 9.63. The van der Waals surface area contributed by atoms with Gasteiger partial charge in [0.15, 0.2) is 0 Å². The van der Waals surface area contributed by atoms with Crippen LogP contribution in [0.2, 0.25) is 0 Å². The van der Waals surface area contributed by atoms with Gasteiger partial charge < -0.3 is 20.9 Å². The second-order valence-corrected chi connectivity index (χ2v) is 2.06. The van der Waals surface area contributed by atoms with Crippen molar-refractivity contribution in [2.75, 3.05) is 13.2 Å². The number of carbonyl (C=O) groups is 1. The lowest BCUT2D eigenvalue weighted by atomic mass is 10.2. The molecule has 1 aliphatic rings. The molecule has 0 saturated carbocycles. The van der Waals surface area contributed by atoms with Crippen LogP contribution in [-0.2, 0) is 9.47 Å². The molecular formula is C4H8N2O3. The lowest BCUT2D eigenvalue weighted by Gasteiger charge is -2.27. The fourth-order valence-electron chi connectivity index (χ4n) is 0.470. The van der Waals surface area contributed by atoms with E-state index >= 15 is 0 Å². The first-order valence-corrected chi connectivity index (χ1v) is 2.47. The van der Waals surface area contributed by atoms with Gasteiger partial charge in [0, 0.05) is 0 Å². The van der Waals surface area contributed by atoms with Crippen LogP contribution in [0.15, 0.2) is 0 Å². The van der Waals surface area contributed by atoms with Gasteiger partial charge in [-0.25, -0.2) is 4.79 Å². The minimum absolute atomic E-state index is 0.0197. The topological polar surface area (TPSA) is 87.6 Å². The maximum Gasteiger partial charge on any atom is 0.508 e. The van der Waals surface area contributed by atoms with Gasteiger partial charge in [0.2, 0.25) is 0 Å². The largest absolute Gasteiger partial charge is 0.508 e. The van der Waals surface area contributed by atoms with Crippen LogP contribution < -0.4 is 11.5 Å². The molecule has 0 bridgehead atoms. The van der Waals surface area contributed by atoms with Gasteiger partial charge >= 0.3 is 6.16 Å². The molecule has 5 nitrogen and oxygen atoms in total. The van der Waals surface area contributed by atoms with Crippen molar-refractivity contribution in [3.63, 3.8) is 0 Å². The van der Waals surface area contributed by atoms with Crippen molar-refractivity contribution in [3.8, 4) is 0 Å². The van der Waals surface area contributed by atoms with Crippen LogP contribution in [0, 0.1) is 0 Å². The smallest absolute Gasteiger partial charge is 0.431 e. The van der Waals surface area contributed by atoms with Crippen molar-refractivity contribution in [3.05, 3.63) is 0 Å². The molecule has 1 rings (SSSR count). The fourth-order valence-corrected chi connectivity index (χ4v) is 0.470. The summed E-state index contributed by atoms with van der Waals surface area (Å²) in [6, 6.07) is 0. The van der Waals surface area contributed by atoms with E-state index in [0.717, 1.165) is 0 Å². The lowest BCUT2D eigenvalue weighted by molar-refractivity contribution is -0.0220. The van der Waals surface area contributed by atoms with Gasteiger partial charge in [0.05, 0.1) is 0 Å². The summed E-state index contributed by atoms with van der Waals surface area (Å²) in [6.45, 7) is 0.0394. The first-order valence-electron chi connectivity index (χ1n) is 2.47. The average molecular weight is 132 g/mol. The molecule has 1 heterocycles. The Kier molecular flexibility index (Phi) is 1.30. The van der Waals surface area contributed by atoms with Crippen LogP contribution in [0.25, 0.3) is 0 Å². The van der Waals surface area contributed by atoms with E-state index in [9.17, 15) is 4.79 Å². The van der Waals surface area contributed by atoms with E-state index in [1.165, 1.54) is 0 Å². The quantitative estimate of drug-likeness (QED) is 0.318. The number of ether oxygens (including phenoxy) is 2. The number of cyclic esters (lactones) is 2.